The van der Waals surface area contributed by atoms with E-state index >= 15 is 0 Å². The fourth-order valence-electron chi connectivity index (χ4n) is 7.73. The average molecular weight is 994 g/mol. The second-order valence-electron chi connectivity index (χ2n) is 19.0. The molecule has 1 atom stereocenters. The Morgan fingerprint density at radius 3 is 0.903 bits per heavy atom. The third-order valence-electron chi connectivity index (χ3n) is 12.1. The molecule has 5 nitrogen and oxygen atoms in total. The lowest BCUT2D eigenvalue weighted by Gasteiger charge is -2.15. The highest BCUT2D eigenvalue weighted by Gasteiger charge is 2.16. The van der Waals surface area contributed by atoms with Crippen LogP contribution >= 0.6 is 0 Å². The SMILES string of the molecule is CC/C=C\C/C=C\C/C=C\C/C=C\C/C=C\C/C=C\C/C=C\C/C=C\C/C=C\CCCCCCCCCCCC(=O)OC(CO)COC(=O)CCCCCCCC/C=C\C/C=C\C/C=C\CCCCCCC. The van der Waals surface area contributed by atoms with Gasteiger partial charge in [0, 0.05) is 12.8 Å². The standard InChI is InChI=1S/C67H108O5/c1-3-5-7-9-11-13-15-17-19-21-23-25-26-27-28-29-30-31-32-33-34-35-36-37-38-39-40-42-44-46-48-50-52-54-56-58-60-62-67(70)72-65(63-68)64-71-66(69)61-59-57-55-53-51-49-47-45-43-41-24-22-20-18-16-14-12-10-8-6-4-2/h5,7,11,13,16-19,22-25,27-28,30-31,33-34,36-37,39-40,43,45,65,68H,3-4,6,8-10,12,14-15,20-21,26,29,32,35,38,41-42,44,46-64H2,1-2H3/b7-5-,13-11-,18-16-,19-17-,24-22-,25-23-,28-27-,31-30-,34-33-,37-36-,40-39-,45-43-. The molecule has 0 amide bonds. The van der Waals surface area contributed by atoms with Crippen LogP contribution in [0.15, 0.2) is 146 Å². The van der Waals surface area contributed by atoms with E-state index in [-0.39, 0.29) is 25.2 Å². The molecule has 0 fully saturated rings. The number of ether oxygens (including phenoxy) is 2. The van der Waals surface area contributed by atoms with Crippen molar-refractivity contribution in [3.8, 4) is 0 Å². The quantitative estimate of drug-likeness (QED) is 0.0373. The van der Waals surface area contributed by atoms with Crippen molar-refractivity contribution in [2.75, 3.05) is 13.2 Å². The normalized spacial score (nSPS) is 13.3. The van der Waals surface area contributed by atoms with Crippen LogP contribution in [0.1, 0.15) is 245 Å². The van der Waals surface area contributed by atoms with E-state index in [4.69, 9.17) is 9.47 Å². The Bertz CT molecular complexity index is 1540. The Morgan fingerprint density at radius 2 is 0.597 bits per heavy atom. The van der Waals surface area contributed by atoms with Gasteiger partial charge >= 0.3 is 11.9 Å². The number of hydrogen-bond acceptors (Lipinski definition) is 5. The fraction of sp³-hybridized carbons (Fsp3) is 0.612. The van der Waals surface area contributed by atoms with Crippen molar-refractivity contribution in [2.45, 2.75) is 251 Å². The van der Waals surface area contributed by atoms with E-state index in [1.807, 2.05) is 0 Å². The van der Waals surface area contributed by atoms with Gasteiger partial charge in [0.05, 0.1) is 6.61 Å². The predicted octanol–water partition coefficient (Wildman–Crippen LogP) is 20.2. The van der Waals surface area contributed by atoms with E-state index in [0.29, 0.717) is 12.8 Å². The Kier molecular flexibility index (Phi) is 57.5. The first-order valence-corrected chi connectivity index (χ1v) is 29.4. The molecule has 0 aromatic heterocycles. The molecule has 1 N–H and O–H groups in total. The minimum absolute atomic E-state index is 0.0833. The smallest absolute Gasteiger partial charge is 0.306 e. The predicted molar refractivity (Wildman–Crippen MR) is 315 cm³/mol. The van der Waals surface area contributed by atoms with Gasteiger partial charge in [-0.15, -0.1) is 0 Å². The molecule has 0 bridgehead atoms. The van der Waals surface area contributed by atoms with Gasteiger partial charge in [-0.05, 0) is 122 Å². The van der Waals surface area contributed by atoms with Crippen molar-refractivity contribution in [1.82, 2.24) is 0 Å². The maximum Gasteiger partial charge on any atom is 0.306 e. The lowest BCUT2D eigenvalue weighted by atomic mass is 10.1. The highest BCUT2D eigenvalue weighted by Crippen LogP contribution is 2.14. The summed E-state index contributed by atoms with van der Waals surface area (Å²) in [6.45, 7) is 4.00. The first-order valence-electron chi connectivity index (χ1n) is 29.4. The van der Waals surface area contributed by atoms with Crippen molar-refractivity contribution in [3.05, 3.63) is 146 Å². The van der Waals surface area contributed by atoms with Crippen LogP contribution in [-0.2, 0) is 19.1 Å². The van der Waals surface area contributed by atoms with Gasteiger partial charge in [-0.3, -0.25) is 9.59 Å². The van der Waals surface area contributed by atoms with Crippen LogP contribution in [0, 0.1) is 0 Å². The van der Waals surface area contributed by atoms with Crippen LogP contribution in [0.2, 0.25) is 0 Å². The summed E-state index contributed by atoms with van der Waals surface area (Å²) in [6, 6.07) is 0. The molecule has 0 saturated carbocycles. The van der Waals surface area contributed by atoms with E-state index in [1.54, 1.807) is 0 Å². The highest BCUT2D eigenvalue weighted by molar-refractivity contribution is 5.70. The number of unbranched alkanes of at least 4 members (excludes halogenated alkanes) is 20. The molecule has 0 aliphatic carbocycles. The number of rotatable bonds is 52. The second kappa shape index (κ2) is 61.1. The zero-order valence-electron chi connectivity index (χ0n) is 46.4. The molecule has 0 spiro atoms. The zero-order valence-corrected chi connectivity index (χ0v) is 46.4. The molecular formula is C67H108O5. The summed E-state index contributed by atoms with van der Waals surface area (Å²) in [5.41, 5.74) is 0. The number of aliphatic hydroxyl groups excluding tert-OH is 1. The van der Waals surface area contributed by atoms with Crippen molar-refractivity contribution >= 4 is 11.9 Å². The molecule has 0 radical (unpaired) electrons. The maximum absolute atomic E-state index is 12.3. The Balaban J connectivity index is 3.61. The van der Waals surface area contributed by atoms with E-state index in [1.165, 1.54) is 96.3 Å². The minimum atomic E-state index is -0.792. The van der Waals surface area contributed by atoms with Gasteiger partial charge in [0.15, 0.2) is 6.10 Å². The maximum atomic E-state index is 12.3. The van der Waals surface area contributed by atoms with E-state index in [9.17, 15) is 14.7 Å². The summed E-state index contributed by atoms with van der Waals surface area (Å²) < 4.78 is 10.7. The number of carbonyl (C=O) groups is 2. The van der Waals surface area contributed by atoms with Crippen LogP contribution in [0.3, 0.4) is 0 Å². The van der Waals surface area contributed by atoms with E-state index < -0.39 is 6.10 Å². The summed E-state index contributed by atoms with van der Waals surface area (Å²) >= 11 is 0. The number of allylic oxidation sites excluding steroid dienone is 24. The van der Waals surface area contributed by atoms with Crippen molar-refractivity contribution in [3.63, 3.8) is 0 Å². The van der Waals surface area contributed by atoms with Crippen molar-refractivity contribution < 1.29 is 24.2 Å². The van der Waals surface area contributed by atoms with Crippen molar-refractivity contribution in [1.29, 1.82) is 0 Å². The van der Waals surface area contributed by atoms with Gasteiger partial charge in [-0.25, -0.2) is 0 Å². The molecule has 5 heteroatoms. The van der Waals surface area contributed by atoms with Crippen LogP contribution in [0.4, 0.5) is 0 Å². The average Bonchev–Trinajstić information content (AvgIpc) is 3.38. The number of carbonyl (C=O) groups excluding carboxylic acids is 2. The summed E-state index contributed by atoms with van der Waals surface area (Å²) in [7, 11) is 0. The van der Waals surface area contributed by atoms with Gasteiger partial charge in [0.25, 0.3) is 0 Å². The van der Waals surface area contributed by atoms with Gasteiger partial charge in [-0.2, -0.15) is 0 Å². The molecule has 0 saturated heterocycles. The van der Waals surface area contributed by atoms with Gasteiger partial charge in [-0.1, -0.05) is 256 Å². The van der Waals surface area contributed by atoms with Crippen LogP contribution in [-0.4, -0.2) is 36.4 Å². The number of esters is 2. The van der Waals surface area contributed by atoms with Gasteiger partial charge in [0.1, 0.15) is 6.61 Å². The summed E-state index contributed by atoms with van der Waals surface area (Å²) in [6.07, 6.45) is 92.4. The van der Waals surface area contributed by atoms with E-state index in [0.717, 1.165) is 122 Å². The largest absolute Gasteiger partial charge is 0.462 e. The van der Waals surface area contributed by atoms with Crippen LogP contribution in [0.5, 0.6) is 0 Å². The molecule has 0 heterocycles. The monoisotopic (exact) mass is 993 g/mol. The summed E-state index contributed by atoms with van der Waals surface area (Å²) in [5.74, 6) is -0.619. The molecule has 0 aromatic rings. The minimum Gasteiger partial charge on any atom is -0.462 e. The van der Waals surface area contributed by atoms with E-state index in [2.05, 4.69) is 160 Å². The molecule has 0 aliphatic heterocycles. The number of aliphatic hydroxyl groups is 1. The number of hydrogen-bond donors (Lipinski definition) is 1. The highest BCUT2D eigenvalue weighted by atomic mass is 16.6. The first-order chi connectivity index (χ1) is 35.6. The fourth-order valence-corrected chi connectivity index (χ4v) is 7.73. The molecule has 0 aliphatic rings. The zero-order chi connectivity index (χ0) is 52.0. The molecule has 1 unspecified atom stereocenters. The lowest BCUT2D eigenvalue weighted by molar-refractivity contribution is -0.161. The summed E-state index contributed by atoms with van der Waals surface area (Å²) in [5, 5.41) is 9.66. The molecule has 406 valence electrons. The molecule has 72 heavy (non-hydrogen) atoms. The molecule has 0 aromatic carbocycles. The Hall–Kier alpha value is -4.22. The molecule has 0 rings (SSSR count). The topological polar surface area (TPSA) is 72.8 Å². The summed E-state index contributed by atoms with van der Waals surface area (Å²) in [4.78, 5) is 24.5. The van der Waals surface area contributed by atoms with Gasteiger partial charge < -0.3 is 14.6 Å². The van der Waals surface area contributed by atoms with Crippen molar-refractivity contribution in [2.24, 2.45) is 0 Å². The lowest BCUT2D eigenvalue weighted by Crippen LogP contribution is -2.28. The van der Waals surface area contributed by atoms with Gasteiger partial charge in [0.2, 0.25) is 0 Å². The first kappa shape index (κ1) is 67.8. The van der Waals surface area contributed by atoms with Crippen LogP contribution < -0.4 is 0 Å². The molecular weight excluding hydrogens is 885 g/mol. The third kappa shape index (κ3) is 58.4. The Labute approximate surface area is 444 Å². The third-order valence-corrected chi connectivity index (χ3v) is 12.1. The Morgan fingerprint density at radius 1 is 0.333 bits per heavy atom. The second-order valence-corrected chi connectivity index (χ2v) is 19.0. The van der Waals surface area contributed by atoms with Crippen LogP contribution in [0.25, 0.3) is 0 Å².